The third kappa shape index (κ3) is 4.60. The fourth-order valence-corrected chi connectivity index (χ4v) is 3.74. The van der Waals surface area contributed by atoms with Gasteiger partial charge in [0.25, 0.3) is 5.91 Å². The summed E-state index contributed by atoms with van der Waals surface area (Å²) in [5, 5.41) is 5.86. The van der Waals surface area contributed by atoms with Crippen LogP contribution in [0.3, 0.4) is 0 Å². The number of hydrogen-bond donors (Lipinski definition) is 3. The average molecular weight is 434 g/mol. The molecule has 0 fully saturated rings. The highest BCUT2D eigenvalue weighted by molar-refractivity contribution is 6.04. The van der Waals surface area contributed by atoms with E-state index in [1.54, 1.807) is 12.1 Å². The van der Waals surface area contributed by atoms with Crippen LogP contribution in [0.4, 0.5) is 11.4 Å². The molecule has 162 valence electrons. The van der Waals surface area contributed by atoms with E-state index in [0.717, 1.165) is 28.0 Å². The molecule has 1 atom stereocenters. The SMILES string of the molecule is O=C(Nc1ccccc1)c1ccc(-c2nc3ccc(NC(=O)C4C=CC=CC4)cc3[nH]2)cc1. The number of nitrogens with one attached hydrogen (secondary N) is 3. The quantitative estimate of drug-likeness (QED) is 0.385. The molecule has 33 heavy (non-hydrogen) atoms. The van der Waals surface area contributed by atoms with E-state index in [1.165, 1.54) is 0 Å². The highest BCUT2D eigenvalue weighted by Crippen LogP contribution is 2.24. The summed E-state index contributed by atoms with van der Waals surface area (Å²) in [5.74, 6) is 0.351. The molecular weight excluding hydrogens is 412 g/mol. The Morgan fingerprint density at radius 2 is 1.70 bits per heavy atom. The number of benzene rings is 3. The Bertz CT molecular complexity index is 1370. The fourth-order valence-electron chi connectivity index (χ4n) is 3.74. The monoisotopic (exact) mass is 434 g/mol. The summed E-state index contributed by atoms with van der Waals surface area (Å²) in [6.07, 6.45) is 8.45. The predicted octanol–water partition coefficient (Wildman–Crippen LogP) is 5.55. The van der Waals surface area contributed by atoms with Gasteiger partial charge in [-0.2, -0.15) is 0 Å². The number of rotatable bonds is 5. The minimum atomic E-state index is -0.166. The van der Waals surface area contributed by atoms with Crippen LogP contribution in [-0.4, -0.2) is 21.8 Å². The number of nitrogens with zero attached hydrogens (tertiary/aromatic N) is 1. The minimum Gasteiger partial charge on any atom is -0.338 e. The fraction of sp³-hybridized carbons (Fsp3) is 0.0741. The van der Waals surface area contributed by atoms with Crippen molar-refractivity contribution < 1.29 is 9.59 Å². The molecule has 1 aliphatic rings. The maximum Gasteiger partial charge on any atom is 0.255 e. The van der Waals surface area contributed by atoms with Crippen molar-refractivity contribution in [1.29, 1.82) is 0 Å². The van der Waals surface area contributed by atoms with Crippen LogP contribution in [0.25, 0.3) is 22.4 Å². The molecular formula is C27H22N4O2. The number of carbonyl (C=O) groups excluding carboxylic acids is 2. The van der Waals surface area contributed by atoms with E-state index >= 15 is 0 Å². The van der Waals surface area contributed by atoms with E-state index in [9.17, 15) is 9.59 Å². The highest BCUT2D eigenvalue weighted by Gasteiger charge is 2.16. The lowest BCUT2D eigenvalue weighted by Crippen LogP contribution is -2.21. The zero-order valence-electron chi connectivity index (χ0n) is 17.8. The number of imidazole rings is 1. The van der Waals surface area contributed by atoms with Gasteiger partial charge in [-0.15, -0.1) is 0 Å². The largest absolute Gasteiger partial charge is 0.338 e. The molecule has 0 bridgehead atoms. The molecule has 1 aliphatic carbocycles. The molecule has 0 saturated carbocycles. The maximum absolute atomic E-state index is 12.5. The van der Waals surface area contributed by atoms with E-state index < -0.39 is 0 Å². The summed E-state index contributed by atoms with van der Waals surface area (Å²) in [6.45, 7) is 0. The minimum absolute atomic E-state index is 0.0287. The first-order chi connectivity index (χ1) is 16.2. The Hall–Kier alpha value is -4.45. The lowest BCUT2D eigenvalue weighted by Gasteiger charge is -2.13. The molecule has 6 nitrogen and oxygen atoms in total. The van der Waals surface area contributed by atoms with E-state index in [2.05, 4.69) is 20.6 Å². The summed E-state index contributed by atoms with van der Waals surface area (Å²) in [4.78, 5) is 32.9. The molecule has 1 heterocycles. The van der Waals surface area contributed by atoms with Crippen LogP contribution in [0.1, 0.15) is 16.8 Å². The topological polar surface area (TPSA) is 86.9 Å². The standard InChI is InChI=1S/C27H22N4O2/c32-26(19-7-3-1-4-8-19)29-22-15-16-23-24(17-22)31-25(30-23)18-11-13-20(14-12-18)27(33)28-21-9-5-2-6-10-21/h1-7,9-17,19H,8H2,(H,28,33)(H,29,32)(H,30,31). The second kappa shape index (κ2) is 8.96. The first-order valence-electron chi connectivity index (χ1n) is 10.8. The molecule has 6 heteroatoms. The van der Waals surface area contributed by atoms with Crippen molar-refractivity contribution in [1.82, 2.24) is 9.97 Å². The van der Waals surface area contributed by atoms with E-state index in [1.807, 2.05) is 85.0 Å². The number of amides is 2. The van der Waals surface area contributed by atoms with Gasteiger partial charge in [0.1, 0.15) is 5.82 Å². The molecule has 5 rings (SSSR count). The number of hydrogen-bond acceptors (Lipinski definition) is 3. The van der Waals surface area contributed by atoms with E-state index in [4.69, 9.17) is 0 Å². The Morgan fingerprint density at radius 1 is 0.879 bits per heavy atom. The van der Waals surface area contributed by atoms with Crippen molar-refractivity contribution in [3.8, 4) is 11.4 Å². The van der Waals surface area contributed by atoms with Gasteiger partial charge in [-0.3, -0.25) is 9.59 Å². The second-order valence-electron chi connectivity index (χ2n) is 7.86. The zero-order chi connectivity index (χ0) is 22.6. The lowest BCUT2D eigenvalue weighted by molar-refractivity contribution is -0.118. The number of anilines is 2. The van der Waals surface area contributed by atoms with Gasteiger partial charge in [-0.05, 0) is 48.9 Å². The first kappa shape index (κ1) is 20.5. The molecule has 1 unspecified atom stereocenters. The normalized spacial score (nSPS) is 14.8. The Kier molecular flexibility index (Phi) is 5.55. The van der Waals surface area contributed by atoms with Crippen LogP contribution in [0.5, 0.6) is 0 Å². The van der Waals surface area contributed by atoms with Gasteiger partial charge >= 0.3 is 0 Å². The van der Waals surface area contributed by atoms with Crippen LogP contribution < -0.4 is 10.6 Å². The molecule has 0 saturated heterocycles. The zero-order valence-corrected chi connectivity index (χ0v) is 17.8. The summed E-state index contributed by atoms with van der Waals surface area (Å²) >= 11 is 0. The molecule has 3 N–H and O–H groups in total. The van der Waals surface area contributed by atoms with E-state index in [-0.39, 0.29) is 17.7 Å². The molecule has 4 aromatic rings. The van der Waals surface area contributed by atoms with Gasteiger partial charge in [-0.25, -0.2) is 4.98 Å². The van der Waals surface area contributed by atoms with Crippen LogP contribution in [0.15, 0.2) is 97.1 Å². The van der Waals surface area contributed by atoms with Gasteiger partial charge in [0.15, 0.2) is 0 Å². The molecule has 2 amide bonds. The van der Waals surface area contributed by atoms with Crippen molar-refractivity contribution in [3.63, 3.8) is 0 Å². The van der Waals surface area contributed by atoms with Gasteiger partial charge in [0.2, 0.25) is 5.91 Å². The van der Waals surface area contributed by atoms with Crippen molar-refractivity contribution in [2.24, 2.45) is 5.92 Å². The van der Waals surface area contributed by atoms with Crippen LogP contribution in [-0.2, 0) is 4.79 Å². The van der Waals surface area contributed by atoms with Crippen LogP contribution in [0, 0.1) is 5.92 Å². The number of allylic oxidation sites excluding steroid dienone is 3. The van der Waals surface area contributed by atoms with Crippen molar-refractivity contribution in [3.05, 3.63) is 103 Å². The smallest absolute Gasteiger partial charge is 0.255 e. The number of carbonyl (C=O) groups is 2. The lowest BCUT2D eigenvalue weighted by atomic mass is 10.00. The summed E-state index contributed by atoms with van der Waals surface area (Å²) in [7, 11) is 0. The molecule has 0 spiro atoms. The first-order valence-corrected chi connectivity index (χ1v) is 10.8. The molecule has 0 radical (unpaired) electrons. The van der Waals surface area contributed by atoms with Crippen molar-refractivity contribution in [2.75, 3.05) is 10.6 Å². The second-order valence-corrected chi connectivity index (χ2v) is 7.86. The third-order valence-electron chi connectivity index (χ3n) is 5.52. The van der Waals surface area contributed by atoms with Crippen molar-refractivity contribution >= 4 is 34.2 Å². The van der Waals surface area contributed by atoms with Gasteiger partial charge in [0.05, 0.1) is 17.0 Å². The van der Waals surface area contributed by atoms with Gasteiger partial charge in [-0.1, -0.05) is 54.6 Å². The molecule has 1 aromatic heterocycles. The average Bonchev–Trinajstić information content (AvgIpc) is 3.29. The maximum atomic E-state index is 12.5. The number of aromatic nitrogens is 2. The van der Waals surface area contributed by atoms with Crippen LogP contribution in [0.2, 0.25) is 0 Å². The number of aromatic amines is 1. The Labute approximate surface area is 191 Å². The van der Waals surface area contributed by atoms with Gasteiger partial charge < -0.3 is 15.6 Å². The van der Waals surface area contributed by atoms with Gasteiger partial charge in [0, 0.05) is 22.5 Å². The third-order valence-corrected chi connectivity index (χ3v) is 5.52. The highest BCUT2D eigenvalue weighted by atomic mass is 16.2. The number of para-hydroxylation sites is 1. The number of H-pyrrole nitrogens is 1. The molecule has 3 aromatic carbocycles. The van der Waals surface area contributed by atoms with E-state index in [0.29, 0.717) is 17.8 Å². The predicted molar refractivity (Wildman–Crippen MR) is 131 cm³/mol. The number of fused-ring (bicyclic) bond motifs is 1. The Balaban J connectivity index is 1.30. The molecule has 0 aliphatic heterocycles. The summed E-state index contributed by atoms with van der Waals surface area (Å²) < 4.78 is 0. The van der Waals surface area contributed by atoms with Crippen LogP contribution >= 0.6 is 0 Å². The summed E-state index contributed by atoms with van der Waals surface area (Å²) in [5.41, 5.74) is 4.53. The van der Waals surface area contributed by atoms with Crippen molar-refractivity contribution in [2.45, 2.75) is 6.42 Å². The Morgan fingerprint density at radius 3 is 2.45 bits per heavy atom. The summed E-state index contributed by atoms with van der Waals surface area (Å²) in [6, 6.07) is 22.2.